The first kappa shape index (κ1) is 25.4. The Bertz CT molecular complexity index is 1440. The van der Waals surface area contributed by atoms with Gasteiger partial charge in [-0.15, -0.1) is 0 Å². The van der Waals surface area contributed by atoms with E-state index in [2.05, 4.69) is 10.6 Å². The molecule has 2 aliphatic heterocycles. The summed E-state index contributed by atoms with van der Waals surface area (Å²) < 4.78 is 30.2. The van der Waals surface area contributed by atoms with E-state index in [-0.39, 0.29) is 17.0 Å². The zero-order valence-corrected chi connectivity index (χ0v) is 20.6. The summed E-state index contributed by atoms with van der Waals surface area (Å²) in [5.74, 6) is -0.842. The fourth-order valence-corrected chi connectivity index (χ4v) is 4.81. The SMILES string of the molecule is C1CCNCC1.COc1ccc2c(c1)c(/C=C1\C(=O)Nc3ccc(S(N)(=O)=O)cc31)cn2CC(=O)O. The van der Waals surface area contributed by atoms with Gasteiger partial charge in [-0.2, -0.15) is 0 Å². The number of amides is 1. The Labute approximate surface area is 208 Å². The summed E-state index contributed by atoms with van der Waals surface area (Å²) in [6.07, 6.45) is 7.43. The summed E-state index contributed by atoms with van der Waals surface area (Å²) in [6.45, 7) is 2.24. The molecule has 1 amide bonds. The molecule has 11 heteroatoms. The number of benzene rings is 2. The van der Waals surface area contributed by atoms with Gasteiger partial charge >= 0.3 is 5.97 Å². The normalized spacial score (nSPS) is 16.3. The Morgan fingerprint density at radius 1 is 1.17 bits per heavy atom. The average molecular weight is 513 g/mol. The molecule has 0 radical (unpaired) electrons. The van der Waals surface area contributed by atoms with E-state index >= 15 is 0 Å². The molecule has 0 aliphatic carbocycles. The predicted molar refractivity (Wildman–Crippen MR) is 137 cm³/mol. The lowest BCUT2D eigenvalue weighted by Gasteiger charge is -2.08. The molecule has 1 saturated heterocycles. The number of hydrogen-bond acceptors (Lipinski definition) is 6. The molecular formula is C25H28N4O6S. The number of piperidine rings is 1. The number of primary sulfonamides is 1. The molecule has 5 rings (SSSR count). The number of ether oxygens (including phenoxy) is 1. The maximum Gasteiger partial charge on any atom is 0.323 e. The van der Waals surface area contributed by atoms with Gasteiger partial charge in [0.15, 0.2) is 0 Å². The van der Waals surface area contributed by atoms with Crippen LogP contribution in [-0.2, 0) is 26.2 Å². The Morgan fingerprint density at radius 3 is 2.50 bits per heavy atom. The number of carbonyl (C=O) groups excluding carboxylic acids is 1. The van der Waals surface area contributed by atoms with Crippen LogP contribution in [0.4, 0.5) is 5.69 Å². The molecule has 3 aromatic rings. The third-order valence-corrected chi connectivity index (χ3v) is 6.95. The maximum atomic E-state index is 12.6. The molecule has 190 valence electrons. The summed E-state index contributed by atoms with van der Waals surface area (Å²) >= 11 is 0. The summed E-state index contributed by atoms with van der Waals surface area (Å²) in [5.41, 5.74) is 2.35. The zero-order valence-electron chi connectivity index (χ0n) is 19.8. The quantitative estimate of drug-likeness (QED) is 0.383. The van der Waals surface area contributed by atoms with Crippen molar-refractivity contribution in [2.45, 2.75) is 30.7 Å². The minimum Gasteiger partial charge on any atom is -0.497 e. The second-order valence-corrected chi connectivity index (χ2v) is 10.1. The van der Waals surface area contributed by atoms with Gasteiger partial charge in [0.1, 0.15) is 12.3 Å². The number of carboxylic acid groups (broad SMARTS) is 1. The maximum absolute atomic E-state index is 12.6. The molecule has 0 unspecified atom stereocenters. The number of nitrogens with one attached hydrogen (secondary N) is 2. The van der Waals surface area contributed by atoms with E-state index in [0.29, 0.717) is 33.5 Å². The number of sulfonamides is 1. The predicted octanol–water partition coefficient (Wildman–Crippen LogP) is 2.63. The van der Waals surface area contributed by atoms with Gasteiger partial charge in [0.2, 0.25) is 10.0 Å². The van der Waals surface area contributed by atoms with Gasteiger partial charge in [0, 0.05) is 39.5 Å². The molecule has 0 spiro atoms. The number of methoxy groups -OCH3 is 1. The lowest BCUT2D eigenvalue weighted by atomic mass is 10.0. The molecule has 1 fully saturated rings. The average Bonchev–Trinajstić information content (AvgIpc) is 3.35. The van der Waals surface area contributed by atoms with Gasteiger partial charge in [-0.3, -0.25) is 9.59 Å². The Kier molecular flexibility index (Phi) is 7.43. The minimum atomic E-state index is -3.94. The van der Waals surface area contributed by atoms with Crippen LogP contribution in [-0.4, -0.2) is 50.2 Å². The van der Waals surface area contributed by atoms with Gasteiger partial charge in [0.05, 0.1) is 12.0 Å². The number of nitrogens with two attached hydrogens (primary N) is 1. The van der Waals surface area contributed by atoms with E-state index in [1.54, 1.807) is 35.0 Å². The number of aromatic nitrogens is 1. The number of nitrogens with zero attached hydrogens (tertiary/aromatic N) is 1. The zero-order chi connectivity index (χ0) is 25.9. The molecule has 0 atom stereocenters. The largest absolute Gasteiger partial charge is 0.497 e. The van der Waals surface area contributed by atoms with Crippen molar-refractivity contribution in [3.8, 4) is 5.75 Å². The van der Waals surface area contributed by atoms with E-state index in [1.807, 2.05) is 0 Å². The first-order valence-corrected chi connectivity index (χ1v) is 13.0. The molecule has 5 N–H and O–H groups in total. The van der Waals surface area contributed by atoms with Crippen LogP contribution in [0.25, 0.3) is 22.6 Å². The highest BCUT2D eigenvalue weighted by atomic mass is 32.2. The first-order chi connectivity index (χ1) is 17.2. The standard InChI is InChI=1S/C20H17N3O6S.C5H11N/c1-29-12-2-5-18-14(7-12)11(9-23(18)10-19(24)25)6-16-15-8-13(30(21,27)28)3-4-17(15)22-20(16)26;1-2-4-6-5-3-1/h2-9H,10H2,1H3,(H,22,26)(H,24,25)(H2,21,27,28);6H,1-5H2/b16-6-;. The van der Waals surface area contributed by atoms with Crippen molar-refractivity contribution < 1.29 is 27.9 Å². The highest BCUT2D eigenvalue weighted by molar-refractivity contribution is 7.89. The molecule has 0 bridgehead atoms. The molecule has 2 aromatic carbocycles. The van der Waals surface area contributed by atoms with Crippen LogP contribution in [0.3, 0.4) is 0 Å². The minimum absolute atomic E-state index is 0.112. The Balaban J connectivity index is 0.000000445. The van der Waals surface area contributed by atoms with E-state index in [0.717, 1.165) is 0 Å². The number of carbonyl (C=O) groups is 2. The van der Waals surface area contributed by atoms with Crippen molar-refractivity contribution in [2.75, 3.05) is 25.5 Å². The van der Waals surface area contributed by atoms with Crippen LogP contribution >= 0.6 is 0 Å². The molecule has 1 aromatic heterocycles. The fraction of sp³-hybridized carbons (Fsp3) is 0.280. The summed E-state index contributed by atoms with van der Waals surface area (Å²) in [7, 11) is -2.43. The number of fused-ring (bicyclic) bond motifs is 2. The van der Waals surface area contributed by atoms with Crippen molar-refractivity contribution in [3.63, 3.8) is 0 Å². The van der Waals surface area contributed by atoms with Crippen molar-refractivity contribution >= 4 is 50.1 Å². The molecule has 3 heterocycles. The Morgan fingerprint density at radius 2 is 1.92 bits per heavy atom. The van der Waals surface area contributed by atoms with Crippen molar-refractivity contribution in [2.24, 2.45) is 5.14 Å². The van der Waals surface area contributed by atoms with Crippen molar-refractivity contribution in [3.05, 3.63) is 53.7 Å². The smallest absolute Gasteiger partial charge is 0.323 e. The number of carboxylic acids is 1. The van der Waals surface area contributed by atoms with Crippen LogP contribution in [0.5, 0.6) is 5.75 Å². The molecule has 2 aliphatic rings. The first-order valence-electron chi connectivity index (χ1n) is 11.5. The van der Waals surface area contributed by atoms with Crippen LogP contribution in [0.1, 0.15) is 30.4 Å². The van der Waals surface area contributed by atoms with Crippen LogP contribution < -0.4 is 20.5 Å². The van der Waals surface area contributed by atoms with E-state index < -0.39 is 21.9 Å². The topological polar surface area (TPSA) is 153 Å². The third kappa shape index (κ3) is 5.59. The second-order valence-electron chi connectivity index (χ2n) is 8.56. The molecular weight excluding hydrogens is 484 g/mol. The number of rotatable bonds is 5. The fourth-order valence-electron chi connectivity index (χ4n) is 4.27. The van der Waals surface area contributed by atoms with E-state index in [9.17, 15) is 23.1 Å². The number of aliphatic carboxylic acids is 1. The van der Waals surface area contributed by atoms with Gasteiger partial charge in [-0.1, -0.05) is 6.42 Å². The van der Waals surface area contributed by atoms with Crippen LogP contribution in [0, 0.1) is 0 Å². The monoisotopic (exact) mass is 512 g/mol. The highest BCUT2D eigenvalue weighted by Crippen LogP contribution is 2.36. The lowest BCUT2D eigenvalue weighted by Crippen LogP contribution is -2.21. The summed E-state index contributed by atoms with van der Waals surface area (Å²) in [5, 5.41) is 21.1. The number of anilines is 1. The third-order valence-electron chi connectivity index (χ3n) is 6.03. The van der Waals surface area contributed by atoms with Gasteiger partial charge in [0.25, 0.3) is 5.91 Å². The van der Waals surface area contributed by atoms with Crippen molar-refractivity contribution in [1.29, 1.82) is 0 Å². The molecule has 0 saturated carbocycles. The summed E-state index contributed by atoms with van der Waals surface area (Å²) in [4.78, 5) is 23.7. The van der Waals surface area contributed by atoms with Crippen LogP contribution in [0.2, 0.25) is 0 Å². The van der Waals surface area contributed by atoms with E-state index in [4.69, 9.17) is 9.88 Å². The van der Waals surface area contributed by atoms with Crippen LogP contribution in [0.15, 0.2) is 47.5 Å². The van der Waals surface area contributed by atoms with Gasteiger partial charge in [-0.05, 0) is 68.4 Å². The van der Waals surface area contributed by atoms with Gasteiger partial charge < -0.3 is 25.0 Å². The second kappa shape index (κ2) is 10.5. The molecule has 10 nitrogen and oxygen atoms in total. The summed E-state index contributed by atoms with van der Waals surface area (Å²) in [6, 6.07) is 9.33. The number of hydrogen-bond donors (Lipinski definition) is 4. The van der Waals surface area contributed by atoms with E-state index in [1.165, 1.54) is 57.7 Å². The highest BCUT2D eigenvalue weighted by Gasteiger charge is 2.26. The Hall–Kier alpha value is -3.67. The molecule has 36 heavy (non-hydrogen) atoms. The van der Waals surface area contributed by atoms with Crippen molar-refractivity contribution in [1.82, 2.24) is 9.88 Å². The van der Waals surface area contributed by atoms with Gasteiger partial charge in [-0.25, -0.2) is 13.6 Å². The lowest BCUT2D eigenvalue weighted by molar-refractivity contribution is -0.137.